The number of aliphatic imine (C=N–C) groups is 1. The zero-order valence-corrected chi connectivity index (χ0v) is 19.7. The maximum absolute atomic E-state index is 6.13. The first-order valence-corrected chi connectivity index (χ1v) is 9.88. The molecule has 0 aliphatic carbocycles. The minimum Gasteiger partial charge on any atom is -0.372 e. The summed E-state index contributed by atoms with van der Waals surface area (Å²) in [7, 11) is 1.88. The van der Waals surface area contributed by atoms with Gasteiger partial charge in [0.2, 0.25) is 0 Å². The van der Waals surface area contributed by atoms with E-state index in [-0.39, 0.29) is 29.6 Å². The lowest BCUT2D eigenvalue weighted by Crippen LogP contribution is -2.49. The normalized spacial score (nSPS) is 21.6. The molecule has 0 aromatic carbocycles. The van der Waals surface area contributed by atoms with E-state index in [1.165, 1.54) is 0 Å². The summed E-state index contributed by atoms with van der Waals surface area (Å²) in [6.45, 7) is 12.4. The van der Waals surface area contributed by atoms with Crippen LogP contribution in [0.4, 0.5) is 0 Å². The molecule has 8 heteroatoms. The predicted molar refractivity (Wildman–Crippen MR) is 119 cm³/mol. The van der Waals surface area contributed by atoms with Crippen molar-refractivity contribution in [2.24, 2.45) is 10.9 Å². The van der Waals surface area contributed by atoms with E-state index >= 15 is 0 Å². The highest BCUT2D eigenvalue weighted by Gasteiger charge is 2.26. The number of hydrogen-bond acceptors (Lipinski definition) is 4. The van der Waals surface area contributed by atoms with Gasteiger partial charge in [-0.3, -0.25) is 4.99 Å². The first-order valence-electron chi connectivity index (χ1n) is 9.88. The van der Waals surface area contributed by atoms with Crippen LogP contribution in [-0.2, 0) is 17.7 Å². The molecule has 0 radical (unpaired) electrons. The number of nitrogens with zero attached hydrogens (tertiary/aromatic N) is 5. The molecule has 0 saturated carbocycles. The second kappa shape index (κ2) is 9.54. The SMILES string of the molecule is CN=C(NCC1CCc2nnc(C)n2C1)N1CCC(OC(C)(C)C)CC1.I. The van der Waals surface area contributed by atoms with Crippen molar-refractivity contribution in [2.45, 2.75) is 71.6 Å². The first-order chi connectivity index (χ1) is 12.4. The largest absolute Gasteiger partial charge is 0.372 e. The lowest BCUT2D eigenvalue weighted by Gasteiger charge is -2.37. The van der Waals surface area contributed by atoms with Crippen molar-refractivity contribution in [1.82, 2.24) is 25.0 Å². The van der Waals surface area contributed by atoms with Crippen LogP contribution in [-0.4, -0.2) is 64.0 Å². The minimum absolute atomic E-state index is 0. The number of aromatic nitrogens is 3. The Balaban J connectivity index is 0.00000261. The quantitative estimate of drug-likeness (QED) is 0.401. The molecule has 3 heterocycles. The van der Waals surface area contributed by atoms with E-state index in [2.05, 4.69) is 50.7 Å². The van der Waals surface area contributed by atoms with Crippen molar-refractivity contribution in [2.75, 3.05) is 26.7 Å². The number of ether oxygens (including phenoxy) is 1. The fourth-order valence-electron chi connectivity index (χ4n) is 3.95. The second-order valence-corrected chi connectivity index (χ2v) is 8.52. The molecule has 1 aromatic rings. The topological polar surface area (TPSA) is 67.6 Å². The van der Waals surface area contributed by atoms with Crippen LogP contribution >= 0.6 is 24.0 Å². The molecular weight excluding hydrogens is 455 g/mol. The van der Waals surface area contributed by atoms with Crippen LogP contribution in [0.3, 0.4) is 0 Å². The smallest absolute Gasteiger partial charge is 0.193 e. The number of guanidine groups is 1. The molecule has 7 nitrogen and oxygen atoms in total. The van der Waals surface area contributed by atoms with Crippen molar-refractivity contribution in [3.05, 3.63) is 11.6 Å². The number of aryl methyl sites for hydroxylation is 2. The lowest BCUT2D eigenvalue weighted by molar-refractivity contribution is -0.0772. The van der Waals surface area contributed by atoms with Crippen LogP contribution in [0.25, 0.3) is 0 Å². The van der Waals surface area contributed by atoms with Crippen LogP contribution in [0.1, 0.15) is 51.7 Å². The van der Waals surface area contributed by atoms with Gasteiger partial charge in [0.25, 0.3) is 0 Å². The monoisotopic (exact) mass is 490 g/mol. The van der Waals surface area contributed by atoms with E-state index in [1.807, 2.05) is 14.0 Å². The first kappa shape index (κ1) is 22.4. The fraction of sp³-hybridized carbons (Fsp3) is 0.842. The van der Waals surface area contributed by atoms with Gasteiger partial charge in [-0.15, -0.1) is 34.2 Å². The Morgan fingerprint density at radius 2 is 1.93 bits per heavy atom. The Hall–Kier alpha value is -0.900. The van der Waals surface area contributed by atoms with E-state index in [0.717, 1.165) is 69.5 Å². The van der Waals surface area contributed by atoms with Crippen molar-refractivity contribution < 1.29 is 4.74 Å². The summed E-state index contributed by atoms with van der Waals surface area (Å²) in [6.07, 6.45) is 4.65. The molecule has 1 saturated heterocycles. The second-order valence-electron chi connectivity index (χ2n) is 8.52. The molecule has 2 aliphatic rings. The summed E-state index contributed by atoms with van der Waals surface area (Å²) in [4.78, 5) is 6.87. The Kier molecular flexibility index (Phi) is 7.91. The number of halogens is 1. The van der Waals surface area contributed by atoms with Crippen LogP contribution in [0.2, 0.25) is 0 Å². The molecule has 3 rings (SSSR count). The number of hydrogen-bond donors (Lipinski definition) is 1. The van der Waals surface area contributed by atoms with Crippen molar-refractivity contribution >= 4 is 29.9 Å². The van der Waals surface area contributed by atoms with Gasteiger partial charge in [-0.25, -0.2) is 0 Å². The standard InChI is InChI=1S/C19H34N6O.HI/c1-14-22-23-17-7-6-15(13-25(14)17)12-21-18(20-5)24-10-8-16(9-11-24)26-19(2,3)4;/h15-16H,6-13H2,1-5H3,(H,20,21);1H. The molecule has 0 bridgehead atoms. The van der Waals surface area contributed by atoms with Gasteiger partial charge in [0, 0.05) is 39.6 Å². The summed E-state index contributed by atoms with van der Waals surface area (Å²) in [6, 6.07) is 0. The molecule has 1 atom stereocenters. The van der Waals surface area contributed by atoms with Gasteiger partial charge in [0.05, 0.1) is 11.7 Å². The molecule has 1 unspecified atom stereocenters. The van der Waals surface area contributed by atoms with E-state index in [4.69, 9.17) is 4.74 Å². The van der Waals surface area contributed by atoms with E-state index < -0.39 is 0 Å². The number of rotatable bonds is 3. The maximum Gasteiger partial charge on any atom is 0.193 e. The summed E-state index contributed by atoms with van der Waals surface area (Å²) >= 11 is 0. The summed E-state index contributed by atoms with van der Waals surface area (Å²) in [5.74, 6) is 3.76. The van der Waals surface area contributed by atoms with Gasteiger partial charge in [-0.1, -0.05) is 0 Å². The van der Waals surface area contributed by atoms with Gasteiger partial charge < -0.3 is 19.5 Å². The highest BCUT2D eigenvalue weighted by molar-refractivity contribution is 14.0. The Morgan fingerprint density at radius 1 is 1.22 bits per heavy atom. The Labute approximate surface area is 180 Å². The molecule has 27 heavy (non-hydrogen) atoms. The van der Waals surface area contributed by atoms with Crippen molar-refractivity contribution in [3.63, 3.8) is 0 Å². The van der Waals surface area contributed by atoms with Crippen LogP contribution in [0, 0.1) is 12.8 Å². The van der Waals surface area contributed by atoms with Gasteiger partial charge in [-0.2, -0.15) is 0 Å². The third kappa shape index (κ3) is 6.04. The van der Waals surface area contributed by atoms with Crippen molar-refractivity contribution in [3.8, 4) is 0 Å². The number of nitrogens with one attached hydrogen (secondary N) is 1. The van der Waals surface area contributed by atoms with Gasteiger partial charge in [-0.05, 0) is 52.9 Å². The molecule has 0 amide bonds. The number of piperidine rings is 1. The molecular formula is C19H35IN6O. The zero-order valence-electron chi connectivity index (χ0n) is 17.4. The van der Waals surface area contributed by atoms with E-state index in [9.17, 15) is 0 Å². The van der Waals surface area contributed by atoms with Gasteiger partial charge in [0.1, 0.15) is 11.6 Å². The molecule has 1 aromatic heterocycles. The average molecular weight is 490 g/mol. The molecule has 0 spiro atoms. The maximum atomic E-state index is 6.13. The van der Waals surface area contributed by atoms with Crippen LogP contribution < -0.4 is 5.32 Å². The number of fused-ring (bicyclic) bond motifs is 1. The van der Waals surface area contributed by atoms with Gasteiger partial charge in [0.15, 0.2) is 5.96 Å². The summed E-state index contributed by atoms with van der Waals surface area (Å²) in [5, 5.41) is 12.1. The molecule has 1 N–H and O–H groups in total. The molecule has 154 valence electrons. The Bertz CT molecular complexity index is 631. The molecule has 2 aliphatic heterocycles. The lowest BCUT2D eigenvalue weighted by atomic mass is 9.99. The highest BCUT2D eigenvalue weighted by atomic mass is 127. The predicted octanol–water partition coefficient (Wildman–Crippen LogP) is 2.62. The van der Waals surface area contributed by atoms with E-state index in [0.29, 0.717) is 12.0 Å². The Morgan fingerprint density at radius 3 is 2.56 bits per heavy atom. The van der Waals surface area contributed by atoms with E-state index in [1.54, 1.807) is 0 Å². The third-order valence-corrected chi connectivity index (χ3v) is 5.25. The fourth-order valence-corrected chi connectivity index (χ4v) is 3.95. The van der Waals surface area contributed by atoms with Crippen molar-refractivity contribution in [1.29, 1.82) is 0 Å². The van der Waals surface area contributed by atoms with Crippen LogP contribution in [0.15, 0.2) is 4.99 Å². The van der Waals surface area contributed by atoms with Crippen LogP contribution in [0.5, 0.6) is 0 Å². The third-order valence-electron chi connectivity index (χ3n) is 5.25. The summed E-state index contributed by atoms with van der Waals surface area (Å²) < 4.78 is 8.39. The summed E-state index contributed by atoms with van der Waals surface area (Å²) in [5.41, 5.74) is -0.0626. The molecule has 1 fully saturated rings. The minimum atomic E-state index is -0.0626. The zero-order chi connectivity index (χ0) is 18.7. The highest BCUT2D eigenvalue weighted by Crippen LogP contribution is 2.21. The number of likely N-dealkylation sites (tertiary alicyclic amines) is 1. The average Bonchev–Trinajstić information content (AvgIpc) is 2.96. The van der Waals surface area contributed by atoms with Gasteiger partial charge >= 0.3 is 0 Å².